The maximum Gasteiger partial charge on any atom is 0.586 e. The second-order valence-corrected chi connectivity index (χ2v) is 7.83. The number of piperidine rings is 1. The number of alkyl halides is 2. The zero-order valence-corrected chi connectivity index (χ0v) is 16.0. The molecule has 2 atom stereocenters. The first-order valence-electron chi connectivity index (χ1n) is 8.86. The van der Waals surface area contributed by atoms with Gasteiger partial charge in [-0.25, -0.2) is 9.37 Å². The molecule has 1 N–H and O–H groups in total. The van der Waals surface area contributed by atoms with Gasteiger partial charge in [0.2, 0.25) is 0 Å². The number of thiazole rings is 1. The van der Waals surface area contributed by atoms with Gasteiger partial charge in [-0.3, -0.25) is 4.79 Å². The van der Waals surface area contributed by atoms with E-state index in [1.807, 2.05) is 6.92 Å². The second-order valence-electron chi connectivity index (χ2n) is 6.97. The summed E-state index contributed by atoms with van der Waals surface area (Å²) in [5.41, 5.74) is 0.162. The standard InChI is InChI=1S/C18H18F3N3O3S/c1-9-4-3-5-24(10(9)2)16(25)13-8-28-17(23-13)22-12-7-15-14(6-11(12)19)26-18(20,21)27-15/h6-10H,3-5H2,1-2H3,(H,22,23). The van der Waals surface area contributed by atoms with Gasteiger partial charge in [0.15, 0.2) is 22.4 Å². The van der Waals surface area contributed by atoms with Crippen molar-refractivity contribution >= 4 is 28.1 Å². The third kappa shape index (κ3) is 3.48. The Morgan fingerprint density at radius 2 is 2.04 bits per heavy atom. The van der Waals surface area contributed by atoms with Crippen LogP contribution in [0.5, 0.6) is 11.5 Å². The summed E-state index contributed by atoms with van der Waals surface area (Å²) >= 11 is 1.12. The number of benzene rings is 1. The number of halogens is 3. The van der Waals surface area contributed by atoms with Gasteiger partial charge >= 0.3 is 6.29 Å². The molecule has 1 fully saturated rings. The largest absolute Gasteiger partial charge is 0.586 e. The van der Waals surface area contributed by atoms with Crippen molar-refractivity contribution in [1.29, 1.82) is 0 Å². The predicted molar refractivity (Wildman–Crippen MR) is 96.9 cm³/mol. The number of hydrogen-bond acceptors (Lipinski definition) is 6. The first-order valence-corrected chi connectivity index (χ1v) is 9.74. The van der Waals surface area contributed by atoms with E-state index in [9.17, 15) is 18.0 Å². The quantitative estimate of drug-likeness (QED) is 0.796. The van der Waals surface area contributed by atoms with Crippen LogP contribution in [-0.4, -0.2) is 34.7 Å². The van der Waals surface area contributed by atoms with E-state index in [4.69, 9.17) is 0 Å². The number of aromatic nitrogens is 1. The zero-order chi connectivity index (χ0) is 20.1. The Kier molecular flexibility index (Phi) is 4.60. The number of hydrogen-bond donors (Lipinski definition) is 1. The molecule has 2 aliphatic heterocycles. The van der Waals surface area contributed by atoms with Crippen molar-refractivity contribution in [3.05, 3.63) is 29.0 Å². The Bertz CT molecular complexity index is 921. The number of likely N-dealkylation sites (tertiary alicyclic amines) is 1. The summed E-state index contributed by atoms with van der Waals surface area (Å²) in [6.07, 6.45) is -1.80. The lowest BCUT2D eigenvalue weighted by Crippen LogP contribution is -2.46. The Morgan fingerprint density at radius 1 is 1.32 bits per heavy atom. The minimum atomic E-state index is -3.82. The number of carbonyl (C=O) groups is 1. The van der Waals surface area contributed by atoms with Gasteiger partial charge in [-0.1, -0.05) is 6.92 Å². The molecule has 0 saturated carbocycles. The number of amides is 1. The van der Waals surface area contributed by atoms with Crippen LogP contribution in [0.2, 0.25) is 0 Å². The lowest BCUT2D eigenvalue weighted by atomic mass is 9.92. The van der Waals surface area contributed by atoms with E-state index in [0.29, 0.717) is 12.5 Å². The van der Waals surface area contributed by atoms with Gasteiger partial charge in [0, 0.05) is 30.1 Å². The fraction of sp³-hybridized carbons (Fsp3) is 0.444. The van der Waals surface area contributed by atoms with Gasteiger partial charge in [-0.05, 0) is 25.7 Å². The van der Waals surface area contributed by atoms with E-state index < -0.39 is 12.1 Å². The first-order chi connectivity index (χ1) is 13.2. The molecule has 2 aliphatic rings. The first kappa shape index (κ1) is 18.9. The molecule has 6 nitrogen and oxygen atoms in total. The summed E-state index contributed by atoms with van der Waals surface area (Å²) in [7, 11) is 0. The predicted octanol–water partition coefficient (Wildman–Crippen LogP) is 4.61. The van der Waals surface area contributed by atoms with Crippen molar-refractivity contribution in [3.8, 4) is 11.5 Å². The highest BCUT2D eigenvalue weighted by molar-refractivity contribution is 7.14. The lowest BCUT2D eigenvalue weighted by molar-refractivity contribution is -0.286. The highest BCUT2D eigenvalue weighted by Crippen LogP contribution is 2.44. The SMILES string of the molecule is CC1CCCN(C(=O)c2csc(Nc3cc4c(cc3F)OC(F)(F)O4)n2)C1C. The van der Waals surface area contributed by atoms with E-state index in [1.165, 1.54) is 0 Å². The molecule has 2 unspecified atom stereocenters. The zero-order valence-electron chi connectivity index (χ0n) is 15.2. The second kappa shape index (κ2) is 6.84. The van der Waals surface area contributed by atoms with Crippen LogP contribution >= 0.6 is 11.3 Å². The van der Waals surface area contributed by atoms with Crippen molar-refractivity contribution < 1.29 is 27.4 Å². The molecule has 150 valence electrons. The molecule has 0 bridgehead atoms. The molecule has 4 rings (SSSR count). The monoisotopic (exact) mass is 413 g/mol. The van der Waals surface area contributed by atoms with Crippen molar-refractivity contribution in [2.45, 2.75) is 39.0 Å². The number of fused-ring (bicyclic) bond motifs is 1. The van der Waals surface area contributed by atoms with Crippen LogP contribution in [0.15, 0.2) is 17.5 Å². The Morgan fingerprint density at radius 3 is 2.79 bits per heavy atom. The van der Waals surface area contributed by atoms with E-state index in [0.717, 1.165) is 36.3 Å². The van der Waals surface area contributed by atoms with Gasteiger partial charge in [0.05, 0.1) is 5.69 Å². The van der Waals surface area contributed by atoms with Crippen LogP contribution in [0.4, 0.5) is 24.0 Å². The van der Waals surface area contributed by atoms with E-state index in [-0.39, 0.29) is 40.0 Å². The number of ether oxygens (including phenoxy) is 2. The molecule has 0 aliphatic carbocycles. The van der Waals surface area contributed by atoms with Crippen LogP contribution in [0, 0.1) is 11.7 Å². The average molecular weight is 413 g/mol. The molecule has 1 saturated heterocycles. The summed E-state index contributed by atoms with van der Waals surface area (Å²) in [4.78, 5) is 18.8. The third-order valence-electron chi connectivity index (χ3n) is 5.09. The number of carbonyl (C=O) groups excluding carboxylic acids is 1. The molecule has 0 radical (unpaired) electrons. The van der Waals surface area contributed by atoms with Crippen LogP contribution < -0.4 is 14.8 Å². The summed E-state index contributed by atoms with van der Waals surface area (Å²) < 4.78 is 49.0. The number of nitrogens with one attached hydrogen (secondary N) is 1. The molecule has 1 amide bonds. The summed E-state index contributed by atoms with van der Waals surface area (Å²) in [5.74, 6) is -1.22. The van der Waals surface area contributed by atoms with Crippen LogP contribution in [-0.2, 0) is 0 Å². The van der Waals surface area contributed by atoms with Crippen molar-refractivity contribution in [3.63, 3.8) is 0 Å². The molecule has 1 aromatic heterocycles. The van der Waals surface area contributed by atoms with Gasteiger partial charge in [0.1, 0.15) is 5.69 Å². The fourth-order valence-corrected chi connectivity index (χ4v) is 4.08. The molecule has 2 aromatic rings. The summed E-state index contributed by atoms with van der Waals surface area (Å²) in [6.45, 7) is 4.81. The maximum atomic E-state index is 14.2. The molecule has 3 heterocycles. The minimum absolute atomic E-state index is 0.103. The van der Waals surface area contributed by atoms with Crippen molar-refractivity contribution in [2.24, 2.45) is 5.92 Å². The smallest absolute Gasteiger partial charge is 0.395 e. The van der Waals surface area contributed by atoms with Gasteiger partial charge in [-0.2, -0.15) is 0 Å². The van der Waals surface area contributed by atoms with Crippen LogP contribution in [0.1, 0.15) is 37.2 Å². The fourth-order valence-electron chi connectivity index (χ4n) is 3.38. The van der Waals surface area contributed by atoms with Crippen molar-refractivity contribution in [2.75, 3.05) is 11.9 Å². The highest BCUT2D eigenvalue weighted by atomic mass is 32.1. The van der Waals surface area contributed by atoms with Gasteiger partial charge < -0.3 is 19.7 Å². The molecular formula is C18H18F3N3O3S. The molecule has 0 spiro atoms. The van der Waals surface area contributed by atoms with E-state index in [2.05, 4.69) is 26.7 Å². The Hall–Kier alpha value is -2.49. The Labute approximate surface area is 163 Å². The minimum Gasteiger partial charge on any atom is -0.395 e. The lowest BCUT2D eigenvalue weighted by Gasteiger charge is -2.37. The number of nitrogens with zero attached hydrogens (tertiary/aromatic N) is 2. The van der Waals surface area contributed by atoms with Crippen LogP contribution in [0.25, 0.3) is 0 Å². The van der Waals surface area contributed by atoms with E-state index in [1.54, 1.807) is 10.3 Å². The van der Waals surface area contributed by atoms with Crippen molar-refractivity contribution in [1.82, 2.24) is 9.88 Å². The normalized spacial score (nSPS) is 23.0. The van der Waals surface area contributed by atoms with E-state index >= 15 is 0 Å². The molecule has 28 heavy (non-hydrogen) atoms. The molecular weight excluding hydrogens is 395 g/mol. The average Bonchev–Trinajstić information content (AvgIpc) is 3.20. The number of rotatable bonds is 3. The maximum absolute atomic E-state index is 14.2. The topological polar surface area (TPSA) is 63.7 Å². The summed E-state index contributed by atoms with van der Waals surface area (Å²) in [5, 5.41) is 4.57. The van der Waals surface area contributed by atoms with Crippen LogP contribution in [0.3, 0.4) is 0 Å². The Balaban J connectivity index is 1.51. The van der Waals surface area contributed by atoms with Gasteiger partial charge in [0.25, 0.3) is 5.91 Å². The molecule has 1 aromatic carbocycles. The third-order valence-corrected chi connectivity index (χ3v) is 5.85. The highest BCUT2D eigenvalue weighted by Gasteiger charge is 2.44. The van der Waals surface area contributed by atoms with Gasteiger partial charge in [-0.15, -0.1) is 20.1 Å². The molecule has 10 heteroatoms. The summed E-state index contributed by atoms with van der Waals surface area (Å²) in [6, 6.07) is 2.00. The number of anilines is 2.